The molecule has 0 aliphatic carbocycles. The molecule has 0 unspecified atom stereocenters. The molecule has 0 fully saturated rings. The number of aryl methyl sites for hydroxylation is 1. The van der Waals surface area contributed by atoms with Gasteiger partial charge >= 0.3 is 0 Å². The fourth-order valence-corrected chi connectivity index (χ4v) is 3.15. The molecule has 2 nitrogen and oxygen atoms in total. The molecular formula is C23H39FO2. The lowest BCUT2D eigenvalue weighted by Gasteiger charge is -2.05. The van der Waals surface area contributed by atoms with Crippen LogP contribution in [0.2, 0.25) is 0 Å². The molecule has 0 radical (unpaired) electrons. The lowest BCUT2D eigenvalue weighted by atomic mass is 10.0. The summed E-state index contributed by atoms with van der Waals surface area (Å²) >= 11 is 0. The second kappa shape index (κ2) is 17.5. The fourth-order valence-electron chi connectivity index (χ4n) is 3.15. The molecular weight excluding hydrogens is 327 g/mol. The SMILES string of the molecule is CCOCCCOCCCCCCCCCCCCc1cccc(F)c1. The van der Waals surface area contributed by atoms with Gasteiger partial charge in [-0.1, -0.05) is 63.5 Å². The van der Waals surface area contributed by atoms with E-state index in [1.165, 1.54) is 70.3 Å². The molecule has 0 aliphatic rings. The zero-order valence-electron chi connectivity index (χ0n) is 16.8. The predicted molar refractivity (Wildman–Crippen MR) is 108 cm³/mol. The first-order valence-electron chi connectivity index (χ1n) is 10.7. The summed E-state index contributed by atoms with van der Waals surface area (Å²) in [5.41, 5.74) is 1.13. The van der Waals surface area contributed by atoms with Crippen LogP contribution >= 0.6 is 0 Å². The van der Waals surface area contributed by atoms with Gasteiger partial charge in [0.1, 0.15) is 5.82 Å². The van der Waals surface area contributed by atoms with Crippen LogP contribution in [0.4, 0.5) is 4.39 Å². The summed E-state index contributed by atoms with van der Waals surface area (Å²) in [6.07, 6.45) is 15.0. The lowest BCUT2D eigenvalue weighted by Crippen LogP contribution is -2.01. The zero-order chi connectivity index (χ0) is 18.7. The van der Waals surface area contributed by atoms with Crippen LogP contribution in [0.3, 0.4) is 0 Å². The third-order valence-electron chi connectivity index (χ3n) is 4.67. The molecule has 1 aromatic rings. The van der Waals surface area contributed by atoms with Gasteiger partial charge in [0, 0.05) is 26.4 Å². The Bertz CT molecular complexity index is 422. The van der Waals surface area contributed by atoms with Gasteiger partial charge in [-0.25, -0.2) is 4.39 Å². The Kier molecular flexibility index (Phi) is 15.5. The van der Waals surface area contributed by atoms with Crippen molar-refractivity contribution in [2.24, 2.45) is 0 Å². The number of hydrogen-bond donors (Lipinski definition) is 0. The van der Waals surface area contributed by atoms with E-state index in [1.807, 2.05) is 13.0 Å². The number of benzene rings is 1. The van der Waals surface area contributed by atoms with E-state index < -0.39 is 0 Å². The topological polar surface area (TPSA) is 18.5 Å². The van der Waals surface area contributed by atoms with Crippen LogP contribution in [0.15, 0.2) is 24.3 Å². The van der Waals surface area contributed by atoms with Crippen LogP contribution in [0.1, 0.15) is 83.1 Å². The van der Waals surface area contributed by atoms with Gasteiger partial charge < -0.3 is 9.47 Å². The van der Waals surface area contributed by atoms with Crippen molar-refractivity contribution >= 4 is 0 Å². The molecule has 0 spiro atoms. The number of unbranched alkanes of at least 4 members (excludes halogenated alkanes) is 9. The molecule has 150 valence electrons. The van der Waals surface area contributed by atoms with E-state index >= 15 is 0 Å². The Hall–Kier alpha value is -0.930. The molecule has 0 amide bonds. The van der Waals surface area contributed by atoms with E-state index in [0.717, 1.165) is 44.8 Å². The smallest absolute Gasteiger partial charge is 0.123 e. The Balaban J connectivity index is 1.73. The number of halogens is 1. The van der Waals surface area contributed by atoms with Gasteiger partial charge in [0.25, 0.3) is 0 Å². The molecule has 0 N–H and O–H groups in total. The zero-order valence-corrected chi connectivity index (χ0v) is 16.8. The number of rotatable bonds is 18. The average molecular weight is 367 g/mol. The van der Waals surface area contributed by atoms with Crippen molar-refractivity contribution in [2.45, 2.75) is 84.0 Å². The molecule has 0 saturated carbocycles. The van der Waals surface area contributed by atoms with Crippen LogP contribution in [-0.4, -0.2) is 26.4 Å². The highest BCUT2D eigenvalue weighted by Crippen LogP contribution is 2.13. The van der Waals surface area contributed by atoms with Gasteiger partial charge in [-0.15, -0.1) is 0 Å². The van der Waals surface area contributed by atoms with Crippen molar-refractivity contribution in [2.75, 3.05) is 26.4 Å². The van der Waals surface area contributed by atoms with Gasteiger partial charge in [-0.3, -0.25) is 0 Å². The molecule has 1 rings (SSSR count). The van der Waals surface area contributed by atoms with Crippen molar-refractivity contribution in [3.05, 3.63) is 35.6 Å². The summed E-state index contributed by atoms with van der Waals surface area (Å²) in [7, 11) is 0. The number of hydrogen-bond acceptors (Lipinski definition) is 2. The molecule has 0 bridgehead atoms. The second-order valence-electron chi connectivity index (χ2n) is 7.08. The van der Waals surface area contributed by atoms with Crippen molar-refractivity contribution in [1.82, 2.24) is 0 Å². The summed E-state index contributed by atoms with van der Waals surface area (Å²) in [5, 5.41) is 0. The van der Waals surface area contributed by atoms with Crippen molar-refractivity contribution < 1.29 is 13.9 Å². The molecule has 0 saturated heterocycles. The molecule has 26 heavy (non-hydrogen) atoms. The van der Waals surface area contributed by atoms with Crippen LogP contribution in [0, 0.1) is 5.82 Å². The minimum Gasteiger partial charge on any atom is -0.382 e. The average Bonchev–Trinajstić information content (AvgIpc) is 2.64. The highest BCUT2D eigenvalue weighted by molar-refractivity contribution is 5.16. The first-order valence-corrected chi connectivity index (χ1v) is 10.7. The van der Waals surface area contributed by atoms with Gasteiger partial charge in [0.05, 0.1) is 0 Å². The standard InChI is InChI=1S/C23H39FO2/c1-2-25-19-14-20-26-18-12-10-8-6-4-3-5-7-9-11-15-22-16-13-17-23(24)21-22/h13,16-17,21H,2-12,14-15,18-20H2,1H3. The minimum absolute atomic E-state index is 0.115. The normalized spacial score (nSPS) is 11.2. The van der Waals surface area contributed by atoms with E-state index in [4.69, 9.17) is 9.47 Å². The summed E-state index contributed by atoms with van der Waals surface area (Å²) in [5.74, 6) is -0.115. The van der Waals surface area contributed by atoms with Crippen LogP contribution in [0.5, 0.6) is 0 Å². The third-order valence-corrected chi connectivity index (χ3v) is 4.67. The van der Waals surface area contributed by atoms with Crippen LogP contribution in [0.25, 0.3) is 0 Å². The largest absolute Gasteiger partial charge is 0.382 e. The Morgan fingerprint density at radius 2 is 1.27 bits per heavy atom. The van der Waals surface area contributed by atoms with Crippen LogP contribution < -0.4 is 0 Å². The quantitative estimate of drug-likeness (QED) is 0.269. The predicted octanol–water partition coefficient (Wildman–Crippen LogP) is 6.71. The maximum atomic E-state index is 13.1. The first-order chi connectivity index (χ1) is 12.8. The van der Waals surface area contributed by atoms with E-state index in [9.17, 15) is 4.39 Å². The maximum Gasteiger partial charge on any atom is 0.123 e. The molecule has 0 aromatic heterocycles. The minimum atomic E-state index is -0.115. The van der Waals surface area contributed by atoms with Gasteiger partial charge in [0.15, 0.2) is 0 Å². The molecule has 3 heteroatoms. The highest BCUT2D eigenvalue weighted by Gasteiger charge is 1.97. The van der Waals surface area contributed by atoms with Crippen molar-refractivity contribution in [1.29, 1.82) is 0 Å². The maximum absolute atomic E-state index is 13.1. The summed E-state index contributed by atoms with van der Waals surface area (Å²) in [4.78, 5) is 0. The van der Waals surface area contributed by atoms with E-state index in [1.54, 1.807) is 12.1 Å². The number of ether oxygens (including phenoxy) is 2. The summed E-state index contributed by atoms with van der Waals surface area (Å²) < 4.78 is 24.0. The Morgan fingerprint density at radius 3 is 1.92 bits per heavy atom. The van der Waals surface area contributed by atoms with Gasteiger partial charge in [0.2, 0.25) is 0 Å². The van der Waals surface area contributed by atoms with E-state index in [2.05, 4.69) is 0 Å². The van der Waals surface area contributed by atoms with E-state index in [-0.39, 0.29) is 5.82 Å². The first kappa shape index (κ1) is 23.1. The molecule has 0 heterocycles. The van der Waals surface area contributed by atoms with Crippen LogP contribution in [-0.2, 0) is 15.9 Å². The molecule has 0 aliphatic heterocycles. The summed E-state index contributed by atoms with van der Waals surface area (Å²) in [6.45, 7) is 5.38. The van der Waals surface area contributed by atoms with Gasteiger partial charge in [-0.2, -0.15) is 0 Å². The second-order valence-corrected chi connectivity index (χ2v) is 7.08. The van der Waals surface area contributed by atoms with Crippen molar-refractivity contribution in [3.8, 4) is 0 Å². The van der Waals surface area contributed by atoms with Crippen molar-refractivity contribution in [3.63, 3.8) is 0 Å². The highest BCUT2D eigenvalue weighted by atomic mass is 19.1. The third kappa shape index (κ3) is 14.3. The Morgan fingerprint density at radius 1 is 0.692 bits per heavy atom. The monoisotopic (exact) mass is 366 g/mol. The van der Waals surface area contributed by atoms with E-state index in [0.29, 0.717) is 0 Å². The van der Waals surface area contributed by atoms with Gasteiger partial charge in [-0.05, 0) is 50.3 Å². The Labute approximate surface area is 160 Å². The lowest BCUT2D eigenvalue weighted by molar-refractivity contribution is 0.0860. The molecule has 0 atom stereocenters. The summed E-state index contributed by atoms with van der Waals surface area (Å²) in [6, 6.07) is 7.00. The molecule has 1 aromatic carbocycles. The fraction of sp³-hybridized carbons (Fsp3) is 0.739.